The summed E-state index contributed by atoms with van der Waals surface area (Å²) in [4.78, 5) is 2.45. The number of rotatable bonds is 10. The SMILES string of the molecule is CCOCc1ccc(O)c(CCCc2cccc(N(C(C)C)C(C)C)c2)c1. The molecule has 0 aliphatic rings. The van der Waals surface area contributed by atoms with Crippen LogP contribution in [0.4, 0.5) is 5.69 Å². The van der Waals surface area contributed by atoms with Crippen LogP contribution in [0, 0.1) is 0 Å². The van der Waals surface area contributed by atoms with E-state index in [9.17, 15) is 5.11 Å². The predicted molar refractivity (Wildman–Crippen MR) is 115 cm³/mol. The topological polar surface area (TPSA) is 32.7 Å². The summed E-state index contributed by atoms with van der Waals surface area (Å²) < 4.78 is 5.48. The van der Waals surface area contributed by atoms with Crippen molar-refractivity contribution >= 4 is 5.69 Å². The van der Waals surface area contributed by atoms with Gasteiger partial charge in [0.05, 0.1) is 6.61 Å². The van der Waals surface area contributed by atoms with Gasteiger partial charge in [0.2, 0.25) is 0 Å². The van der Waals surface area contributed by atoms with E-state index < -0.39 is 0 Å². The largest absolute Gasteiger partial charge is 0.508 e. The number of aromatic hydroxyl groups is 1. The van der Waals surface area contributed by atoms with Gasteiger partial charge in [0, 0.05) is 24.4 Å². The molecule has 27 heavy (non-hydrogen) atoms. The van der Waals surface area contributed by atoms with Gasteiger partial charge in [-0.3, -0.25) is 0 Å². The first kappa shape index (κ1) is 21.3. The molecule has 0 aliphatic carbocycles. The predicted octanol–water partition coefficient (Wildman–Crippen LogP) is 5.73. The summed E-state index contributed by atoms with van der Waals surface area (Å²) in [7, 11) is 0. The van der Waals surface area contributed by atoms with Crippen molar-refractivity contribution in [3.05, 3.63) is 59.2 Å². The smallest absolute Gasteiger partial charge is 0.118 e. The van der Waals surface area contributed by atoms with Gasteiger partial charge in [-0.25, -0.2) is 0 Å². The van der Waals surface area contributed by atoms with E-state index in [0.29, 0.717) is 31.0 Å². The highest BCUT2D eigenvalue weighted by molar-refractivity contribution is 5.50. The van der Waals surface area contributed by atoms with Gasteiger partial charge in [-0.2, -0.15) is 0 Å². The molecule has 0 fully saturated rings. The molecule has 0 atom stereocenters. The summed E-state index contributed by atoms with van der Waals surface area (Å²) in [6, 6.07) is 15.6. The fraction of sp³-hybridized carbons (Fsp3) is 0.500. The fourth-order valence-electron chi connectivity index (χ4n) is 3.70. The maximum Gasteiger partial charge on any atom is 0.118 e. The van der Waals surface area contributed by atoms with Crippen LogP contribution in [0.2, 0.25) is 0 Å². The minimum Gasteiger partial charge on any atom is -0.508 e. The maximum absolute atomic E-state index is 10.1. The zero-order valence-corrected chi connectivity index (χ0v) is 17.5. The van der Waals surface area contributed by atoms with E-state index in [-0.39, 0.29) is 0 Å². The summed E-state index contributed by atoms with van der Waals surface area (Å²) in [6.45, 7) is 12.3. The molecule has 0 amide bonds. The van der Waals surface area contributed by atoms with E-state index in [1.54, 1.807) is 6.07 Å². The van der Waals surface area contributed by atoms with Crippen molar-refractivity contribution in [3.63, 3.8) is 0 Å². The van der Waals surface area contributed by atoms with Crippen LogP contribution in [0.15, 0.2) is 42.5 Å². The van der Waals surface area contributed by atoms with Crippen LogP contribution in [0.25, 0.3) is 0 Å². The number of phenolic OH excluding ortho intramolecular Hbond substituents is 1. The second-order valence-corrected chi connectivity index (χ2v) is 7.72. The normalized spacial score (nSPS) is 11.4. The molecule has 148 valence electrons. The molecule has 0 spiro atoms. The highest BCUT2D eigenvalue weighted by Gasteiger charge is 2.14. The molecule has 3 nitrogen and oxygen atoms in total. The number of anilines is 1. The van der Waals surface area contributed by atoms with E-state index in [4.69, 9.17) is 4.74 Å². The number of nitrogens with zero attached hydrogens (tertiary/aromatic N) is 1. The van der Waals surface area contributed by atoms with Gasteiger partial charge in [-0.05, 0) is 94.8 Å². The number of benzene rings is 2. The summed E-state index contributed by atoms with van der Waals surface area (Å²) >= 11 is 0. The summed E-state index contributed by atoms with van der Waals surface area (Å²) in [5.74, 6) is 0.384. The lowest BCUT2D eigenvalue weighted by atomic mass is 10.0. The molecule has 2 rings (SSSR count). The van der Waals surface area contributed by atoms with Crippen LogP contribution >= 0.6 is 0 Å². The summed E-state index contributed by atoms with van der Waals surface area (Å²) in [5.41, 5.74) is 4.77. The van der Waals surface area contributed by atoms with Gasteiger partial charge < -0.3 is 14.7 Å². The minimum atomic E-state index is 0.384. The van der Waals surface area contributed by atoms with Crippen LogP contribution in [0.3, 0.4) is 0 Å². The Morgan fingerprint density at radius 1 is 0.926 bits per heavy atom. The average Bonchev–Trinajstić information content (AvgIpc) is 2.62. The third kappa shape index (κ3) is 6.28. The molecule has 0 aromatic heterocycles. The van der Waals surface area contributed by atoms with E-state index in [1.807, 2.05) is 13.0 Å². The van der Waals surface area contributed by atoms with Crippen molar-refractivity contribution in [1.82, 2.24) is 0 Å². The Morgan fingerprint density at radius 3 is 2.33 bits per heavy atom. The van der Waals surface area contributed by atoms with Gasteiger partial charge in [0.1, 0.15) is 5.75 Å². The lowest BCUT2D eigenvalue weighted by molar-refractivity contribution is 0.134. The average molecular weight is 370 g/mol. The van der Waals surface area contributed by atoms with E-state index >= 15 is 0 Å². The summed E-state index contributed by atoms with van der Waals surface area (Å²) in [6.07, 6.45) is 2.89. The first-order valence-corrected chi connectivity index (χ1v) is 10.2. The van der Waals surface area contributed by atoms with Gasteiger partial charge in [0.25, 0.3) is 0 Å². The first-order chi connectivity index (χ1) is 12.9. The van der Waals surface area contributed by atoms with Crippen molar-refractivity contribution in [2.24, 2.45) is 0 Å². The van der Waals surface area contributed by atoms with E-state index in [0.717, 1.165) is 30.4 Å². The Labute approximate surface area is 165 Å². The number of aryl methyl sites for hydroxylation is 2. The molecule has 1 N–H and O–H groups in total. The Morgan fingerprint density at radius 2 is 1.67 bits per heavy atom. The van der Waals surface area contributed by atoms with Crippen LogP contribution in [0.1, 0.15) is 57.7 Å². The zero-order chi connectivity index (χ0) is 19.8. The number of hydrogen-bond acceptors (Lipinski definition) is 3. The monoisotopic (exact) mass is 369 g/mol. The van der Waals surface area contributed by atoms with Gasteiger partial charge in [-0.1, -0.05) is 18.2 Å². The van der Waals surface area contributed by atoms with Gasteiger partial charge in [-0.15, -0.1) is 0 Å². The van der Waals surface area contributed by atoms with Gasteiger partial charge >= 0.3 is 0 Å². The van der Waals surface area contributed by atoms with Crippen LogP contribution in [-0.4, -0.2) is 23.8 Å². The highest BCUT2D eigenvalue weighted by Crippen LogP contribution is 2.24. The lowest BCUT2D eigenvalue weighted by Gasteiger charge is -2.33. The van der Waals surface area contributed by atoms with Crippen molar-refractivity contribution in [2.45, 2.75) is 72.6 Å². The molecule has 0 aliphatic heterocycles. The summed E-state index contributed by atoms with van der Waals surface area (Å²) in [5, 5.41) is 10.1. The number of phenols is 1. The third-order valence-corrected chi connectivity index (χ3v) is 4.85. The molecule has 0 bridgehead atoms. The Hall–Kier alpha value is -2.00. The molecule has 3 heteroatoms. The van der Waals surface area contributed by atoms with Gasteiger partial charge in [0.15, 0.2) is 0 Å². The standard InChI is InChI=1S/C24H35NO2/c1-6-27-17-21-13-14-24(26)22(15-21)11-7-9-20-10-8-12-23(16-20)25(18(2)3)19(4)5/h8,10,12-16,18-19,26H,6-7,9,11,17H2,1-5H3. The van der Waals surface area contributed by atoms with Crippen molar-refractivity contribution in [1.29, 1.82) is 0 Å². The van der Waals surface area contributed by atoms with Crippen LogP contribution < -0.4 is 4.90 Å². The Kier molecular flexibility index (Phi) is 8.18. The Balaban J connectivity index is 2.00. The van der Waals surface area contributed by atoms with E-state index in [1.165, 1.54) is 11.3 Å². The number of ether oxygens (including phenoxy) is 1. The zero-order valence-electron chi connectivity index (χ0n) is 17.5. The van der Waals surface area contributed by atoms with Crippen molar-refractivity contribution in [3.8, 4) is 5.75 Å². The molecular weight excluding hydrogens is 334 g/mol. The Bertz CT molecular complexity index is 701. The molecule has 0 unspecified atom stereocenters. The highest BCUT2D eigenvalue weighted by atomic mass is 16.5. The minimum absolute atomic E-state index is 0.384. The first-order valence-electron chi connectivity index (χ1n) is 10.2. The van der Waals surface area contributed by atoms with Crippen molar-refractivity contribution < 1.29 is 9.84 Å². The van der Waals surface area contributed by atoms with Crippen LogP contribution in [-0.2, 0) is 24.2 Å². The van der Waals surface area contributed by atoms with E-state index in [2.05, 4.69) is 62.9 Å². The molecule has 2 aromatic rings. The molecule has 0 saturated heterocycles. The van der Waals surface area contributed by atoms with Crippen LogP contribution in [0.5, 0.6) is 5.75 Å². The molecule has 0 saturated carbocycles. The fourth-order valence-corrected chi connectivity index (χ4v) is 3.70. The van der Waals surface area contributed by atoms with Crippen molar-refractivity contribution in [2.75, 3.05) is 11.5 Å². The maximum atomic E-state index is 10.1. The number of hydrogen-bond donors (Lipinski definition) is 1. The second-order valence-electron chi connectivity index (χ2n) is 7.72. The quantitative estimate of drug-likeness (QED) is 0.581. The molecular formula is C24H35NO2. The molecule has 0 heterocycles. The third-order valence-electron chi connectivity index (χ3n) is 4.85. The second kappa shape index (κ2) is 10.4. The molecule has 0 radical (unpaired) electrons. The lowest BCUT2D eigenvalue weighted by Crippen LogP contribution is -2.36. The molecule has 2 aromatic carbocycles.